The molecule has 116 valence electrons. The van der Waals surface area contributed by atoms with Crippen LogP contribution in [0.2, 0.25) is 26.2 Å². The topological polar surface area (TPSA) is 40.5 Å². The van der Waals surface area contributed by atoms with E-state index in [9.17, 15) is 9.59 Å². The van der Waals surface area contributed by atoms with E-state index in [1.54, 1.807) is 0 Å². The smallest absolute Gasteiger partial charge is 1.00 e. The summed E-state index contributed by atoms with van der Waals surface area (Å²) in [5, 5.41) is 2.09. The van der Waals surface area contributed by atoms with Gasteiger partial charge in [-0.3, -0.25) is 12.2 Å². The molecule has 0 unspecified atom stereocenters. The Hall–Kier alpha value is 0.777. The Balaban J connectivity index is -0.000000270. The van der Waals surface area contributed by atoms with E-state index < -0.39 is 16.6 Å². The van der Waals surface area contributed by atoms with E-state index in [-0.39, 0.29) is 51.0 Å². The number of hydrogen-bond donors (Lipinski definition) is 2. The van der Waals surface area contributed by atoms with Crippen LogP contribution in [0.15, 0.2) is 34.7 Å². The van der Waals surface area contributed by atoms with Crippen LogP contribution in [0, 0.1) is 12.2 Å². The summed E-state index contributed by atoms with van der Waals surface area (Å²) in [6.07, 6.45) is 16.0. The summed E-state index contributed by atoms with van der Waals surface area (Å²) >= 11 is 0. The predicted molar refractivity (Wildman–Crippen MR) is 80.4 cm³/mol. The summed E-state index contributed by atoms with van der Waals surface area (Å²) in [5.41, 5.74) is 0. The van der Waals surface area contributed by atoms with Crippen LogP contribution in [-0.2, 0) is 26.2 Å². The van der Waals surface area contributed by atoms with Crippen molar-refractivity contribution in [1.29, 1.82) is 0 Å². The first-order valence-corrected chi connectivity index (χ1v) is 12.1. The van der Waals surface area contributed by atoms with Crippen LogP contribution in [0.4, 0.5) is 0 Å². The molecule has 2 aliphatic rings. The Morgan fingerprint density at radius 1 is 0.810 bits per heavy atom. The first-order valence-electron chi connectivity index (χ1n) is 6.21. The third-order valence-corrected chi connectivity index (χ3v) is 6.03. The van der Waals surface area contributed by atoms with E-state index in [1.807, 2.05) is 50.5 Å². The van der Waals surface area contributed by atoms with Gasteiger partial charge in [-0.2, -0.15) is 12.2 Å². The molecule has 0 aromatic heterocycles. The van der Waals surface area contributed by atoms with Gasteiger partial charge < -0.3 is 34.4 Å². The molecule has 0 aromatic rings. The molecule has 2 rings (SSSR count). The molecule has 0 spiro atoms. The Bertz CT molecular complexity index is 380. The molecule has 0 radical (unpaired) electrons. The minimum Gasteiger partial charge on any atom is -1.00 e. The quantitative estimate of drug-likeness (QED) is 0.352. The zero-order valence-corrected chi connectivity index (χ0v) is 18.8. The van der Waals surface area contributed by atoms with Gasteiger partial charge in [0.25, 0.3) is 0 Å². The Morgan fingerprint density at radius 3 is 1.19 bits per heavy atom. The fraction of sp³-hybridized carbons (Fsp3) is 0.429. The normalized spacial score (nSPS) is 15.7. The minimum absolute atomic E-state index is 0. The number of hydrogen-bond acceptors (Lipinski definition) is 2. The van der Waals surface area contributed by atoms with E-state index in [0.717, 1.165) is 23.2 Å². The van der Waals surface area contributed by atoms with Gasteiger partial charge >= 0.3 is 26.2 Å². The minimum atomic E-state index is -2.01. The van der Waals surface area contributed by atoms with Crippen molar-refractivity contribution in [3.05, 3.63) is 46.8 Å². The van der Waals surface area contributed by atoms with Crippen LogP contribution in [0.3, 0.4) is 0 Å². The maximum Gasteiger partial charge on any atom is 4.00 e. The van der Waals surface area contributed by atoms with Crippen LogP contribution in [-0.4, -0.2) is 26.2 Å². The molecule has 0 amide bonds. The number of rotatable bonds is 2. The van der Waals surface area contributed by atoms with Crippen molar-refractivity contribution in [2.24, 2.45) is 0 Å². The molecule has 0 aromatic carbocycles. The monoisotopic (exact) mass is 438 g/mol. The van der Waals surface area contributed by atoms with Gasteiger partial charge in [0.1, 0.15) is 0 Å². The van der Waals surface area contributed by atoms with Crippen LogP contribution in [0.1, 0.15) is 12.8 Å². The summed E-state index contributed by atoms with van der Waals surface area (Å²) in [6.45, 7) is 7.63. The van der Waals surface area contributed by atoms with Crippen molar-refractivity contribution in [3.8, 4) is 0 Å². The molecule has 0 heterocycles. The van der Waals surface area contributed by atoms with Crippen molar-refractivity contribution in [1.82, 2.24) is 0 Å². The van der Waals surface area contributed by atoms with Crippen LogP contribution < -0.4 is 24.8 Å². The summed E-state index contributed by atoms with van der Waals surface area (Å²) in [7, 11) is -4.01. The van der Waals surface area contributed by atoms with Crippen molar-refractivity contribution >= 4 is 16.6 Å². The van der Waals surface area contributed by atoms with E-state index in [1.165, 1.54) is 0 Å². The molecule has 7 heteroatoms. The summed E-state index contributed by atoms with van der Waals surface area (Å²) in [4.78, 5) is 19.0. The number of allylic oxidation sites excluding steroid dienone is 8. The molecule has 0 atom stereocenters. The van der Waals surface area contributed by atoms with Gasteiger partial charge in [0.2, 0.25) is 0 Å². The first kappa shape index (κ1) is 26.7. The van der Waals surface area contributed by atoms with Crippen LogP contribution in [0.25, 0.3) is 0 Å². The fourth-order valence-corrected chi connectivity index (χ4v) is 3.77. The molecule has 0 fully saturated rings. The van der Waals surface area contributed by atoms with Gasteiger partial charge in [-0.25, -0.2) is 22.5 Å². The Labute approximate surface area is 162 Å². The average molecular weight is 441 g/mol. The Morgan fingerprint density at radius 2 is 1.10 bits per heavy atom. The molecule has 2 aliphatic carbocycles. The van der Waals surface area contributed by atoms with Crippen molar-refractivity contribution < 1.29 is 60.6 Å². The third kappa shape index (κ3) is 10.2. The Kier molecular flexibility index (Phi) is 14.4. The van der Waals surface area contributed by atoms with Crippen molar-refractivity contribution in [2.75, 3.05) is 0 Å². The second-order valence-electron chi connectivity index (χ2n) is 5.51. The first-order chi connectivity index (χ1) is 8.21. The summed E-state index contributed by atoms with van der Waals surface area (Å²) in [5.74, 6) is 0. The largest absolute Gasteiger partial charge is 4.00 e. The van der Waals surface area contributed by atoms with Crippen molar-refractivity contribution in [3.63, 3.8) is 0 Å². The van der Waals surface area contributed by atoms with Gasteiger partial charge in [-0.05, 0) is 26.2 Å². The van der Waals surface area contributed by atoms with E-state index in [4.69, 9.17) is 0 Å². The molecular formula is C14H22Cl2O2Si2Zr. The zero-order chi connectivity index (χ0) is 13.8. The second-order valence-corrected chi connectivity index (χ2v) is 12.8. The molecule has 2 nitrogen and oxygen atoms in total. The molecule has 0 bridgehead atoms. The maximum atomic E-state index is 9.51. The molecule has 0 aliphatic heterocycles. The van der Waals surface area contributed by atoms with E-state index >= 15 is 0 Å². The molecule has 0 saturated carbocycles. The zero-order valence-electron chi connectivity index (χ0n) is 12.9. The van der Waals surface area contributed by atoms with Gasteiger partial charge in [-0.1, -0.05) is 0 Å². The van der Waals surface area contributed by atoms with E-state index in [0.29, 0.717) is 0 Å². The molecule has 2 N–H and O–H groups in total. The van der Waals surface area contributed by atoms with Gasteiger partial charge in [0, 0.05) is 0 Å². The maximum absolute atomic E-state index is 9.51. The van der Waals surface area contributed by atoms with E-state index in [2.05, 4.69) is 12.2 Å². The van der Waals surface area contributed by atoms with Crippen LogP contribution >= 0.6 is 0 Å². The SMILES string of the molecule is C[Si](C)(O)C1=[C-]CC=C1.C[Si](C)(O)C1=[C-]CC=C1.[Cl-].[Cl-].[Zr+4]. The standard InChI is InChI=1S/2C7H11OSi.2ClH.Zr/c2*1-9(2,8)7-5-3-4-6-7;;;/h2*3,5,8H,4H2,1-2H3;2*1H;/q2*-1;;;+4/p-2. The fourth-order valence-electron chi connectivity index (χ4n) is 1.65. The third-order valence-electron chi connectivity index (χ3n) is 2.71. The summed E-state index contributed by atoms with van der Waals surface area (Å²) in [6, 6.07) is 0. The summed E-state index contributed by atoms with van der Waals surface area (Å²) < 4.78 is 0. The van der Waals surface area contributed by atoms with Gasteiger partial charge in [0.05, 0.1) is 0 Å². The molecule has 21 heavy (non-hydrogen) atoms. The van der Waals surface area contributed by atoms with Gasteiger partial charge in [0.15, 0.2) is 16.6 Å². The predicted octanol–water partition coefficient (Wildman–Crippen LogP) is -3.17. The molecule has 0 saturated heterocycles. The average Bonchev–Trinajstić information content (AvgIpc) is 2.91. The van der Waals surface area contributed by atoms with Gasteiger partial charge in [-0.15, -0.1) is 12.8 Å². The molecular weight excluding hydrogens is 418 g/mol. The number of halogens is 2. The van der Waals surface area contributed by atoms with Crippen molar-refractivity contribution in [2.45, 2.75) is 39.0 Å². The van der Waals surface area contributed by atoms with Crippen LogP contribution in [0.5, 0.6) is 0 Å². The second kappa shape index (κ2) is 11.3.